The van der Waals surface area contributed by atoms with Gasteiger partial charge in [-0.3, -0.25) is 4.79 Å². The van der Waals surface area contributed by atoms with Crippen LogP contribution >= 0.6 is 11.3 Å². The number of nitrogens with zero attached hydrogens (tertiary/aromatic N) is 2. The van der Waals surface area contributed by atoms with Gasteiger partial charge < -0.3 is 10.2 Å². The summed E-state index contributed by atoms with van der Waals surface area (Å²) in [4.78, 5) is 19.2. The van der Waals surface area contributed by atoms with Crippen LogP contribution < -0.4 is 10.2 Å². The Morgan fingerprint density at radius 2 is 2.08 bits per heavy atom. The number of amides is 1. The maximum atomic E-state index is 12.3. The Labute approximate surface area is 144 Å². The largest absolute Gasteiger partial charge is 0.348 e. The van der Waals surface area contributed by atoms with Crippen LogP contribution in [0.25, 0.3) is 10.2 Å². The topological polar surface area (TPSA) is 79.4 Å². The lowest BCUT2D eigenvalue weighted by molar-refractivity contribution is -0.119. The Morgan fingerprint density at radius 3 is 2.79 bits per heavy atom. The van der Waals surface area contributed by atoms with Crippen LogP contribution in [0.2, 0.25) is 0 Å². The monoisotopic (exact) mass is 365 g/mol. The molecule has 128 valence electrons. The molecule has 1 aromatic heterocycles. The van der Waals surface area contributed by atoms with Crippen molar-refractivity contribution in [2.75, 3.05) is 34.8 Å². The van der Waals surface area contributed by atoms with E-state index in [4.69, 9.17) is 0 Å². The third-order valence-electron chi connectivity index (χ3n) is 4.62. The highest BCUT2D eigenvalue weighted by Gasteiger charge is 2.33. The first-order valence-electron chi connectivity index (χ1n) is 8.17. The molecule has 1 atom stereocenters. The van der Waals surface area contributed by atoms with E-state index in [9.17, 15) is 13.2 Å². The predicted molar refractivity (Wildman–Crippen MR) is 96.5 cm³/mol. The summed E-state index contributed by atoms with van der Waals surface area (Å²) >= 11 is 1.64. The second-order valence-electron chi connectivity index (χ2n) is 6.46. The Morgan fingerprint density at radius 1 is 1.29 bits per heavy atom. The zero-order chi connectivity index (χ0) is 16.7. The van der Waals surface area contributed by atoms with Gasteiger partial charge in [0.15, 0.2) is 15.0 Å². The van der Waals surface area contributed by atoms with Crippen LogP contribution in [-0.2, 0) is 14.6 Å². The minimum Gasteiger partial charge on any atom is -0.348 e. The van der Waals surface area contributed by atoms with Crippen LogP contribution in [0.15, 0.2) is 18.2 Å². The number of benzene rings is 1. The lowest BCUT2D eigenvalue weighted by atomic mass is 10.1. The average Bonchev–Trinajstić information content (AvgIpc) is 3.24. The second kappa shape index (κ2) is 6.00. The van der Waals surface area contributed by atoms with Gasteiger partial charge in [0.05, 0.1) is 27.6 Å². The van der Waals surface area contributed by atoms with Crippen molar-refractivity contribution in [3.63, 3.8) is 0 Å². The van der Waals surface area contributed by atoms with Gasteiger partial charge in [-0.15, -0.1) is 0 Å². The molecule has 24 heavy (non-hydrogen) atoms. The SMILES string of the molecule is O=C(Nc1ccc2nc(N3CCCC3)sc2c1)[C@H]1CCS(=O)(=O)C1. The summed E-state index contributed by atoms with van der Waals surface area (Å²) in [5, 5.41) is 3.89. The standard InChI is InChI=1S/C16H19N3O3S2/c20-15(11-5-8-24(21,22)10-11)17-12-3-4-13-14(9-12)23-16(18-13)19-6-1-2-7-19/h3-4,9,11H,1-2,5-8,10H2,(H,17,20)/t11-/m0/s1. The van der Waals surface area contributed by atoms with Gasteiger partial charge in [-0.1, -0.05) is 11.3 Å². The molecule has 0 saturated carbocycles. The molecule has 8 heteroatoms. The first-order chi connectivity index (χ1) is 11.5. The van der Waals surface area contributed by atoms with E-state index < -0.39 is 15.8 Å². The van der Waals surface area contributed by atoms with Crippen molar-refractivity contribution in [2.24, 2.45) is 5.92 Å². The van der Waals surface area contributed by atoms with Crippen LogP contribution in [0.4, 0.5) is 10.8 Å². The van der Waals surface area contributed by atoms with Gasteiger partial charge in [-0.2, -0.15) is 0 Å². The van der Waals surface area contributed by atoms with E-state index in [0.29, 0.717) is 12.1 Å². The van der Waals surface area contributed by atoms with E-state index in [-0.39, 0.29) is 17.4 Å². The van der Waals surface area contributed by atoms with E-state index in [0.717, 1.165) is 28.4 Å². The Bertz CT molecular complexity index is 885. The van der Waals surface area contributed by atoms with Crippen molar-refractivity contribution in [3.8, 4) is 0 Å². The fourth-order valence-electron chi connectivity index (χ4n) is 3.28. The van der Waals surface area contributed by atoms with Crippen LogP contribution in [0.5, 0.6) is 0 Å². The first kappa shape index (κ1) is 15.8. The number of carbonyl (C=O) groups is 1. The molecular formula is C16H19N3O3S2. The third kappa shape index (κ3) is 3.12. The van der Waals surface area contributed by atoms with E-state index in [1.807, 2.05) is 18.2 Å². The van der Waals surface area contributed by atoms with Crippen molar-refractivity contribution in [1.29, 1.82) is 0 Å². The molecule has 1 aromatic carbocycles. The fourth-order valence-corrected chi connectivity index (χ4v) is 6.08. The zero-order valence-electron chi connectivity index (χ0n) is 13.2. The van der Waals surface area contributed by atoms with Crippen molar-refractivity contribution in [2.45, 2.75) is 19.3 Å². The molecule has 3 heterocycles. The van der Waals surface area contributed by atoms with Crippen LogP contribution in [-0.4, -0.2) is 43.9 Å². The highest BCUT2D eigenvalue weighted by atomic mass is 32.2. The summed E-state index contributed by atoms with van der Waals surface area (Å²) in [6, 6.07) is 5.66. The molecule has 2 fully saturated rings. The maximum absolute atomic E-state index is 12.3. The Kier molecular flexibility index (Phi) is 3.96. The quantitative estimate of drug-likeness (QED) is 0.903. The molecule has 0 radical (unpaired) electrons. The molecule has 2 aliphatic heterocycles. The number of fused-ring (bicyclic) bond motifs is 1. The van der Waals surface area contributed by atoms with Crippen LogP contribution in [0.3, 0.4) is 0 Å². The molecule has 1 N–H and O–H groups in total. The predicted octanol–water partition coefficient (Wildman–Crippen LogP) is 2.27. The molecule has 0 unspecified atom stereocenters. The third-order valence-corrected chi connectivity index (χ3v) is 7.47. The number of aromatic nitrogens is 1. The maximum Gasteiger partial charge on any atom is 0.228 e. The highest BCUT2D eigenvalue weighted by Crippen LogP contribution is 2.32. The van der Waals surface area contributed by atoms with Crippen LogP contribution in [0, 0.1) is 5.92 Å². The summed E-state index contributed by atoms with van der Waals surface area (Å²) in [6.45, 7) is 2.11. The van der Waals surface area contributed by atoms with Gasteiger partial charge in [-0.25, -0.2) is 13.4 Å². The number of anilines is 2. The number of thiazole rings is 1. The lowest BCUT2D eigenvalue weighted by Gasteiger charge is -2.11. The number of sulfone groups is 1. The lowest BCUT2D eigenvalue weighted by Crippen LogP contribution is -2.23. The molecule has 0 aliphatic carbocycles. The molecule has 2 aliphatic rings. The average molecular weight is 365 g/mol. The van der Waals surface area contributed by atoms with Crippen molar-refractivity contribution in [1.82, 2.24) is 4.98 Å². The van der Waals surface area contributed by atoms with E-state index >= 15 is 0 Å². The summed E-state index contributed by atoms with van der Waals surface area (Å²) in [6.07, 6.45) is 2.83. The minimum absolute atomic E-state index is 0.0409. The molecule has 0 spiro atoms. The number of rotatable bonds is 3. The summed E-state index contributed by atoms with van der Waals surface area (Å²) < 4.78 is 24.1. The molecule has 2 aromatic rings. The molecule has 1 amide bonds. The van der Waals surface area contributed by atoms with Crippen LogP contribution in [0.1, 0.15) is 19.3 Å². The van der Waals surface area contributed by atoms with Gasteiger partial charge in [0, 0.05) is 18.8 Å². The van der Waals surface area contributed by atoms with E-state index in [2.05, 4.69) is 15.2 Å². The van der Waals surface area contributed by atoms with Gasteiger partial charge in [-0.05, 0) is 37.5 Å². The number of carbonyl (C=O) groups excluding carboxylic acids is 1. The summed E-state index contributed by atoms with van der Waals surface area (Å²) in [5.74, 6) is -0.578. The van der Waals surface area contributed by atoms with Gasteiger partial charge in [0.25, 0.3) is 0 Å². The number of hydrogen-bond donors (Lipinski definition) is 1. The molecule has 0 bridgehead atoms. The zero-order valence-corrected chi connectivity index (χ0v) is 14.8. The normalized spacial score (nSPS) is 23.0. The van der Waals surface area contributed by atoms with Gasteiger partial charge >= 0.3 is 0 Å². The van der Waals surface area contributed by atoms with Gasteiger partial charge in [0.2, 0.25) is 5.91 Å². The molecule has 2 saturated heterocycles. The minimum atomic E-state index is -3.05. The van der Waals surface area contributed by atoms with Crippen molar-refractivity contribution in [3.05, 3.63) is 18.2 Å². The summed E-state index contributed by atoms with van der Waals surface area (Å²) in [5.41, 5.74) is 1.64. The fraction of sp³-hybridized carbons (Fsp3) is 0.500. The van der Waals surface area contributed by atoms with Crippen molar-refractivity contribution < 1.29 is 13.2 Å². The second-order valence-corrected chi connectivity index (χ2v) is 9.70. The van der Waals surface area contributed by atoms with E-state index in [1.165, 1.54) is 12.8 Å². The van der Waals surface area contributed by atoms with E-state index in [1.54, 1.807) is 11.3 Å². The molecule has 4 rings (SSSR count). The number of nitrogens with one attached hydrogen (secondary N) is 1. The summed E-state index contributed by atoms with van der Waals surface area (Å²) in [7, 11) is -3.05. The molecule has 6 nitrogen and oxygen atoms in total. The molecular weight excluding hydrogens is 346 g/mol. The highest BCUT2D eigenvalue weighted by molar-refractivity contribution is 7.91. The Balaban J connectivity index is 1.51. The Hall–Kier alpha value is -1.67. The first-order valence-corrected chi connectivity index (χ1v) is 10.8. The van der Waals surface area contributed by atoms with Gasteiger partial charge in [0.1, 0.15) is 0 Å². The van der Waals surface area contributed by atoms with Crippen molar-refractivity contribution >= 4 is 48.1 Å². The number of hydrogen-bond acceptors (Lipinski definition) is 6. The smallest absolute Gasteiger partial charge is 0.228 e.